The molecule has 1 saturated heterocycles. The summed E-state index contributed by atoms with van der Waals surface area (Å²) in [6, 6.07) is 0.782. The molecule has 0 aromatic rings. The van der Waals surface area contributed by atoms with Crippen molar-refractivity contribution in [3.8, 4) is 0 Å². The monoisotopic (exact) mass is 144 g/mol. The highest BCUT2D eigenvalue weighted by atomic mass is 15.1. The van der Waals surface area contributed by atoms with Crippen LogP contribution in [0.15, 0.2) is 0 Å². The molecule has 0 amide bonds. The second kappa shape index (κ2) is 5.69. The Morgan fingerprint density at radius 1 is 1.40 bits per heavy atom. The molecule has 10 heavy (non-hydrogen) atoms. The van der Waals surface area contributed by atoms with E-state index in [9.17, 15) is 0 Å². The number of nitrogens with one attached hydrogen (secondary N) is 1. The summed E-state index contributed by atoms with van der Waals surface area (Å²) in [6.45, 7) is 6.42. The molecular weight excluding hydrogens is 124 g/mol. The lowest BCUT2D eigenvalue weighted by Gasteiger charge is -2.29. The van der Waals surface area contributed by atoms with E-state index in [1.54, 1.807) is 0 Å². The third-order valence-corrected chi connectivity index (χ3v) is 1.51. The highest BCUT2D eigenvalue weighted by molar-refractivity contribution is 4.78. The van der Waals surface area contributed by atoms with Crippen molar-refractivity contribution in [3.63, 3.8) is 0 Å². The first-order chi connectivity index (χ1) is 4.79. The third kappa shape index (κ3) is 3.85. The lowest BCUT2D eigenvalue weighted by atomic mass is 10.1. The Labute approximate surface area is 64.6 Å². The van der Waals surface area contributed by atoms with Gasteiger partial charge < -0.3 is 10.2 Å². The normalized spacial score (nSPS) is 23.1. The van der Waals surface area contributed by atoms with Gasteiger partial charge in [0.2, 0.25) is 0 Å². The fourth-order valence-electron chi connectivity index (χ4n) is 0.945. The molecule has 1 aliphatic heterocycles. The molecule has 0 saturated carbocycles. The van der Waals surface area contributed by atoms with Crippen molar-refractivity contribution < 1.29 is 0 Å². The van der Waals surface area contributed by atoms with Crippen LogP contribution in [0.25, 0.3) is 0 Å². The van der Waals surface area contributed by atoms with E-state index in [4.69, 9.17) is 0 Å². The molecule has 0 unspecified atom stereocenters. The maximum atomic E-state index is 3.34. The summed E-state index contributed by atoms with van der Waals surface area (Å²) in [6.07, 6.45) is 1.36. The summed E-state index contributed by atoms with van der Waals surface area (Å²) < 4.78 is 0. The van der Waals surface area contributed by atoms with Gasteiger partial charge in [0, 0.05) is 12.6 Å². The van der Waals surface area contributed by atoms with Crippen molar-refractivity contribution in [3.05, 3.63) is 0 Å². The van der Waals surface area contributed by atoms with Crippen LogP contribution in [0, 0.1) is 0 Å². The van der Waals surface area contributed by atoms with Crippen LogP contribution in [0.4, 0.5) is 0 Å². The van der Waals surface area contributed by atoms with Gasteiger partial charge in [0.15, 0.2) is 0 Å². The highest BCUT2D eigenvalue weighted by Gasteiger charge is 2.15. The van der Waals surface area contributed by atoms with Gasteiger partial charge in [-0.2, -0.15) is 0 Å². The smallest absolute Gasteiger partial charge is 0.0206 e. The molecule has 1 atom stereocenters. The summed E-state index contributed by atoms with van der Waals surface area (Å²) >= 11 is 0. The summed E-state index contributed by atoms with van der Waals surface area (Å²) in [7, 11) is 4.22. The fraction of sp³-hybridized carbons (Fsp3) is 1.00. The molecule has 1 N–H and O–H groups in total. The number of rotatable bonds is 2. The van der Waals surface area contributed by atoms with Crippen molar-refractivity contribution in [2.45, 2.75) is 26.3 Å². The Balaban J connectivity index is 0.000000371. The lowest BCUT2D eigenvalue weighted by molar-refractivity contribution is 0.273. The minimum Gasteiger partial charge on any atom is -0.313 e. The van der Waals surface area contributed by atoms with Gasteiger partial charge in [0.25, 0.3) is 0 Å². The first-order valence-electron chi connectivity index (χ1n) is 4.17. The van der Waals surface area contributed by atoms with Crippen LogP contribution >= 0.6 is 0 Å². The minimum atomic E-state index is 0.782. The quantitative estimate of drug-likeness (QED) is 0.620. The Hall–Kier alpha value is -0.0800. The van der Waals surface area contributed by atoms with Crippen molar-refractivity contribution in [2.24, 2.45) is 0 Å². The molecule has 1 fully saturated rings. The van der Waals surface area contributed by atoms with Gasteiger partial charge in [0.05, 0.1) is 0 Å². The van der Waals surface area contributed by atoms with Crippen molar-refractivity contribution in [2.75, 3.05) is 27.2 Å². The SMILES string of the molecule is CC.CN(C)C[C@H]1CCN1. The van der Waals surface area contributed by atoms with E-state index in [-0.39, 0.29) is 0 Å². The Morgan fingerprint density at radius 3 is 2.00 bits per heavy atom. The van der Waals surface area contributed by atoms with Crippen LogP contribution in [-0.4, -0.2) is 38.1 Å². The summed E-state index contributed by atoms with van der Waals surface area (Å²) in [5.41, 5.74) is 0. The summed E-state index contributed by atoms with van der Waals surface area (Å²) in [5, 5.41) is 3.34. The van der Waals surface area contributed by atoms with Gasteiger partial charge in [0.1, 0.15) is 0 Å². The van der Waals surface area contributed by atoms with Crippen molar-refractivity contribution in [1.29, 1.82) is 0 Å². The topological polar surface area (TPSA) is 15.3 Å². The van der Waals surface area contributed by atoms with E-state index in [0.717, 1.165) is 6.04 Å². The van der Waals surface area contributed by atoms with E-state index in [2.05, 4.69) is 24.3 Å². The lowest BCUT2D eigenvalue weighted by Crippen LogP contribution is -2.48. The van der Waals surface area contributed by atoms with Crippen LogP contribution in [0.2, 0.25) is 0 Å². The second-order valence-corrected chi connectivity index (χ2v) is 2.70. The largest absolute Gasteiger partial charge is 0.313 e. The van der Waals surface area contributed by atoms with E-state index < -0.39 is 0 Å². The molecule has 0 aromatic heterocycles. The van der Waals surface area contributed by atoms with E-state index in [0.29, 0.717) is 0 Å². The molecule has 1 aliphatic rings. The predicted molar refractivity (Wildman–Crippen MR) is 46.3 cm³/mol. The van der Waals surface area contributed by atoms with Gasteiger partial charge in [-0.05, 0) is 27.1 Å². The van der Waals surface area contributed by atoms with Crippen molar-refractivity contribution >= 4 is 0 Å². The standard InChI is InChI=1S/C6H14N2.C2H6/c1-8(2)5-6-3-4-7-6;1-2/h6-7H,3-5H2,1-2H3;1-2H3/t6-;/m1./s1. The van der Waals surface area contributed by atoms with Crippen molar-refractivity contribution in [1.82, 2.24) is 10.2 Å². The molecule has 1 rings (SSSR count). The van der Waals surface area contributed by atoms with Crippen LogP contribution in [0.5, 0.6) is 0 Å². The highest BCUT2D eigenvalue weighted by Crippen LogP contribution is 2.01. The molecule has 2 heteroatoms. The van der Waals surface area contributed by atoms with Gasteiger partial charge in [-0.25, -0.2) is 0 Å². The van der Waals surface area contributed by atoms with Gasteiger partial charge in [-0.15, -0.1) is 0 Å². The molecule has 2 nitrogen and oxygen atoms in total. The molecule has 0 aliphatic carbocycles. The molecule has 1 heterocycles. The molecule has 0 bridgehead atoms. The van der Waals surface area contributed by atoms with Crippen LogP contribution in [-0.2, 0) is 0 Å². The fourth-order valence-corrected chi connectivity index (χ4v) is 0.945. The van der Waals surface area contributed by atoms with Gasteiger partial charge >= 0.3 is 0 Å². The first kappa shape index (κ1) is 9.92. The molecule has 62 valence electrons. The maximum Gasteiger partial charge on any atom is 0.0206 e. The Bertz CT molecular complexity index is 67.7. The average molecular weight is 144 g/mol. The molecule has 0 radical (unpaired) electrons. The van der Waals surface area contributed by atoms with Crippen LogP contribution < -0.4 is 5.32 Å². The summed E-state index contributed by atoms with van der Waals surface area (Å²) in [4.78, 5) is 2.22. The van der Waals surface area contributed by atoms with E-state index in [1.165, 1.54) is 19.5 Å². The molecule has 0 aromatic carbocycles. The summed E-state index contributed by atoms with van der Waals surface area (Å²) in [5.74, 6) is 0. The average Bonchev–Trinajstić information content (AvgIpc) is 1.84. The predicted octanol–water partition coefficient (Wildman–Crippen LogP) is 0.936. The molecule has 0 spiro atoms. The second-order valence-electron chi connectivity index (χ2n) is 2.70. The van der Waals surface area contributed by atoms with Gasteiger partial charge in [-0.3, -0.25) is 0 Å². The number of nitrogens with zero attached hydrogens (tertiary/aromatic N) is 1. The van der Waals surface area contributed by atoms with Gasteiger partial charge in [-0.1, -0.05) is 13.8 Å². The number of likely N-dealkylation sites (N-methyl/N-ethyl adjacent to an activating group) is 1. The molecular formula is C8H20N2. The maximum absolute atomic E-state index is 3.34. The van der Waals surface area contributed by atoms with E-state index >= 15 is 0 Å². The zero-order chi connectivity index (χ0) is 7.98. The number of hydrogen-bond acceptors (Lipinski definition) is 2. The van der Waals surface area contributed by atoms with Crippen LogP contribution in [0.1, 0.15) is 20.3 Å². The third-order valence-electron chi connectivity index (χ3n) is 1.51. The van der Waals surface area contributed by atoms with E-state index in [1.807, 2.05) is 13.8 Å². The Morgan fingerprint density at radius 2 is 1.90 bits per heavy atom. The first-order valence-corrected chi connectivity index (χ1v) is 4.17. The minimum absolute atomic E-state index is 0.782. The zero-order valence-electron chi connectivity index (χ0n) is 7.65. The van der Waals surface area contributed by atoms with Crippen LogP contribution in [0.3, 0.4) is 0 Å². The number of hydrogen-bond donors (Lipinski definition) is 1. The Kier molecular flexibility index (Phi) is 5.64. The zero-order valence-corrected chi connectivity index (χ0v) is 7.65.